The summed E-state index contributed by atoms with van der Waals surface area (Å²) in [5, 5.41) is 14.8. The van der Waals surface area contributed by atoms with Crippen molar-refractivity contribution in [2.75, 3.05) is 7.11 Å². The maximum absolute atomic E-state index is 10.7. The minimum absolute atomic E-state index is 0.390. The highest BCUT2D eigenvalue weighted by Gasteiger charge is 2.28. The molecular formula is C14H19N3O2. The van der Waals surface area contributed by atoms with Gasteiger partial charge in [-0.3, -0.25) is 4.68 Å². The fourth-order valence-corrected chi connectivity index (χ4v) is 2.18. The lowest BCUT2D eigenvalue weighted by atomic mass is 9.91. The zero-order chi connectivity index (χ0) is 13.9. The molecule has 1 unspecified atom stereocenters. The van der Waals surface area contributed by atoms with Crippen molar-refractivity contribution in [3.8, 4) is 5.75 Å². The largest absolute Gasteiger partial charge is 0.496 e. The average molecular weight is 261 g/mol. The van der Waals surface area contributed by atoms with Crippen LogP contribution in [0.25, 0.3) is 0 Å². The Morgan fingerprint density at radius 3 is 2.79 bits per heavy atom. The SMILES string of the molecule is CCn1ncnc1CC(C)(O)c1ccccc1OC. The van der Waals surface area contributed by atoms with Gasteiger partial charge in [0.15, 0.2) is 0 Å². The topological polar surface area (TPSA) is 60.2 Å². The third-order valence-electron chi connectivity index (χ3n) is 3.18. The molecule has 0 aliphatic heterocycles. The summed E-state index contributed by atoms with van der Waals surface area (Å²) in [5.74, 6) is 1.44. The van der Waals surface area contributed by atoms with Gasteiger partial charge in [-0.25, -0.2) is 4.98 Å². The van der Waals surface area contributed by atoms with E-state index in [1.807, 2.05) is 31.2 Å². The first-order valence-corrected chi connectivity index (χ1v) is 6.31. The molecule has 0 radical (unpaired) electrons. The van der Waals surface area contributed by atoms with E-state index in [9.17, 15) is 5.11 Å². The van der Waals surface area contributed by atoms with Crippen molar-refractivity contribution >= 4 is 0 Å². The predicted octanol–water partition coefficient (Wildman–Crippen LogP) is 1.76. The molecule has 0 amide bonds. The molecule has 0 aliphatic rings. The quantitative estimate of drug-likeness (QED) is 0.891. The minimum atomic E-state index is -1.05. The average Bonchev–Trinajstić information content (AvgIpc) is 2.85. The number of nitrogens with zero attached hydrogens (tertiary/aromatic N) is 3. The van der Waals surface area contributed by atoms with Gasteiger partial charge >= 0.3 is 0 Å². The summed E-state index contributed by atoms with van der Waals surface area (Å²) in [6.07, 6.45) is 1.90. The molecule has 0 aliphatic carbocycles. The molecule has 0 saturated carbocycles. The Hall–Kier alpha value is -1.88. The summed E-state index contributed by atoms with van der Waals surface area (Å²) >= 11 is 0. The number of ether oxygens (including phenoxy) is 1. The molecule has 0 bridgehead atoms. The summed E-state index contributed by atoms with van der Waals surface area (Å²) in [4.78, 5) is 4.20. The molecule has 0 fully saturated rings. The van der Waals surface area contributed by atoms with E-state index in [0.717, 1.165) is 17.9 Å². The van der Waals surface area contributed by atoms with Crippen molar-refractivity contribution in [2.45, 2.75) is 32.4 Å². The zero-order valence-electron chi connectivity index (χ0n) is 11.5. The van der Waals surface area contributed by atoms with E-state index in [1.165, 1.54) is 6.33 Å². The molecule has 5 heteroatoms. The summed E-state index contributed by atoms with van der Waals surface area (Å²) in [7, 11) is 1.60. The fraction of sp³-hybridized carbons (Fsp3) is 0.429. The van der Waals surface area contributed by atoms with Crippen LogP contribution < -0.4 is 4.74 Å². The fourth-order valence-electron chi connectivity index (χ4n) is 2.18. The van der Waals surface area contributed by atoms with Crippen LogP contribution in [0.4, 0.5) is 0 Å². The Bertz CT molecular complexity index is 549. The van der Waals surface area contributed by atoms with Crippen LogP contribution in [0, 0.1) is 0 Å². The number of aryl methyl sites for hydroxylation is 1. The van der Waals surface area contributed by atoms with Crippen molar-refractivity contribution in [1.82, 2.24) is 14.8 Å². The second kappa shape index (κ2) is 5.40. The summed E-state index contributed by atoms with van der Waals surface area (Å²) < 4.78 is 7.09. The first kappa shape index (κ1) is 13.5. The number of methoxy groups -OCH3 is 1. The van der Waals surface area contributed by atoms with Crippen molar-refractivity contribution < 1.29 is 9.84 Å². The standard InChI is InChI=1S/C14H19N3O2/c1-4-17-13(15-10-16-17)9-14(2,18)11-7-5-6-8-12(11)19-3/h5-8,10,18H,4,9H2,1-3H3. The van der Waals surface area contributed by atoms with Crippen molar-refractivity contribution in [3.05, 3.63) is 42.0 Å². The number of hydrogen-bond donors (Lipinski definition) is 1. The molecule has 1 aromatic heterocycles. The number of para-hydroxylation sites is 1. The summed E-state index contributed by atoms with van der Waals surface area (Å²) in [5.41, 5.74) is -0.296. The number of hydrogen-bond acceptors (Lipinski definition) is 4. The molecule has 1 N–H and O–H groups in total. The Labute approximate surface area is 112 Å². The number of aromatic nitrogens is 3. The second-order valence-electron chi connectivity index (χ2n) is 4.64. The monoisotopic (exact) mass is 261 g/mol. The van der Waals surface area contributed by atoms with Crippen molar-refractivity contribution in [2.24, 2.45) is 0 Å². The highest BCUT2D eigenvalue weighted by molar-refractivity contribution is 5.38. The van der Waals surface area contributed by atoms with E-state index < -0.39 is 5.60 Å². The Balaban J connectivity index is 2.32. The molecule has 2 rings (SSSR count). The first-order valence-electron chi connectivity index (χ1n) is 6.31. The Morgan fingerprint density at radius 2 is 2.11 bits per heavy atom. The van der Waals surface area contributed by atoms with E-state index in [0.29, 0.717) is 12.2 Å². The number of benzene rings is 1. The second-order valence-corrected chi connectivity index (χ2v) is 4.64. The van der Waals surface area contributed by atoms with Crippen LogP contribution in [0.3, 0.4) is 0 Å². The summed E-state index contributed by atoms with van der Waals surface area (Å²) in [6.45, 7) is 4.49. The normalized spacial score (nSPS) is 14.1. The molecule has 1 aromatic carbocycles. The molecule has 2 aromatic rings. The van der Waals surface area contributed by atoms with Crippen molar-refractivity contribution in [1.29, 1.82) is 0 Å². The molecule has 1 atom stereocenters. The first-order chi connectivity index (χ1) is 9.08. The lowest BCUT2D eigenvalue weighted by molar-refractivity contribution is 0.0517. The van der Waals surface area contributed by atoms with E-state index in [4.69, 9.17) is 4.74 Å². The van der Waals surface area contributed by atoms with Gasteiger partial charge in [0.2, 0.25) is 0 Å². The summed E-state index contributed by atoms with van der Waals surface area (Å²) in [6, 6.07) is 7.48. The van der Waals surface area contributed by atoms with Gasteiger partial charge in [-0.2, -0.15) is 5.10 Å². The van der Waals surface area contributed by atoms with Crippen LogP contribution in [-0.4, -0.2) is 27.0 Å². The maximum Gasteiger partial charge on any atom is 0.138 e. The molecule has 0 spiro atoms. The van der Waals surface area contributed by atoms with Gasteiger partial charge in [-0.15, -0.1) is 0 Å². The van der Waals surface area contributed by atoms with Gasteiger partial charge in [0, 0.05) is 18.5 Å². The molecule has 102 valence electrons. The zero-order valence-corrected chi connectivity index (χ0v) is 11.5. The van der Waals surface area contributed by atoms with Crippen LogP contribution in [0.2, 0.25) is 0 Å². The third kappa shape index (κ3) is 2.76. The van der Waals surface area contributed by atoms with Crippen LogP contribution in [0.15, 0.2) is 30.6 Å². The molecule has 1 heterocycles. The van der Waals surface area contributed by atoms with E-state index >= 15 is 0 Å². The highest BCUT2D eigenvalue weighted by atomic mass is 16.5. The Morgan fingerprint density at radius 1 is 1.37 bits per heavy atom. The van der Waals surface area contributed by atoms with E-state index in [1.54, 1.807) is 18.7 Å². The van der Waals surface area contributed by atoms with Crippen molar-refractivity contribution in [3.63, 3.8) is 0 Å². The lowest BCUT2D eigenvalue weighted by Crippen LogP contribution is -2.27. The number of rotatable bonds is 5. The maximum atomic E-state index is 10.7. The highest BCUT2D eigenvalue weighted by Crippen LogP contribution is 2.31. The van der Waals surface area contributed by atoms with Crippen LogP contribution in [-0.2, 0) is 18.6 Å². The van der Waals surface area contributed by atoms with Gasteiger partial charge in [0.05, 0.1) is 12.7 Å². The molecule has 0 saturated heterocycles. The van der Waals surface area contributed by atoms with Crippen LogP contribution >= 0.6 is 0 Å². The molecular weight excluding hydrogens is 242 g/mol. The van der Waals surface area contributed by atoms with Gasteiger partial charge in [0.1, 0.15) is 17.9 Å². The Kier molecular flexibility index (Phi) is 3.85. The van der Waals surface area contributed by atoms with E-state index in [2.05, 4.69) is 10.1 Å². The molecule has 19 heavy (non-hydrogen) atoms. The third-order valence-corrected chi connectivity index (χ3v) is 3.18. The predicted molar refractivity (Wildman–Crippen MR) is 72.0 cm³/mol. The van der Waals surface area contributed by atoms with E-state index in [-0.39, 0.29) is 0 Å². The van der Waals surface area contributed by atoms with Gasteiger partial charge in [-0.1, -0.05) is 18.2 Å². The minimum Gasteiger partial charge on any atom is -0.496 e. The van der Waals surface area contributed by atoms with Gasteiger partial charge in [-0.05, 0) is 19.9 Å². The van der Waals surface area contributed by atoms with Crippen LogP contribution in [0.5, 0.6) is 5.75 Å². The van der Waals surface area contributed by atoms with Crippen LogP contribution in [0.1, 0.15) is 25.2 Å². The van der Waals surface area contributed by atoms with Gasteiger partial charge in [0.25, 0.3) is 0 Å². The lowest BCUT2D eigenvalue weighted by Gasteiger charge is -2.25. The van der Waals surface area contributed by atoms with Gasteiger partial charge < -0.3 is 9.84 Å². The number of aliphatic hydroxyl groups is 1. The molecule has 5 nitrogen and oxygen atoms in total. The smallest absolute Gasteiger partial charge is 0.138 e.